The summed E-state index contributed by atoms with van der Waals surface area (Å²) in [6, 6.07) is 10.7. The largest absolute Gasteiger partial charge is 0.465 e. The Hall–Kier alpha value is -3.66. The zero-order chi connectivity index (χ0) is 19.9. The first-order valence-corrected chi connectivity index (χ1v) is 8.43. The van der Waals surface area contributed by atoms with Crippen molar-refractivity contribution in [2.24, 2.45) is 0 Å². The van der Waals surface area contributed by atoms with Gasteiger partial charge in [0.2, 0.25) is 11.5 Å². The molecule has 10 nitrogen and oxygen atoms in total. The van der Waals surface area contributed by atoms with E-state index in [4.69, 9.17) is 10.2 Å². The van der Waals surface area contributed by atoms with Crippen molar-refractivity contribution in [1.82, 2.24) is 20.9 Å². The number of carbonyl (C=O) groups is 2. The van der Waals surface area contributed by atoms with Crippen LogP contribution in [0.4, 0.5) is 5.82 Å². The molecule has 3 aromatic rings. The van der Waals surface area contributed by atoms with Crippen LogP contribution in [0.5, 0.6) is 0 Å². The van der Waals surface area contributed by atoms with Crippen molar-refractivity contribution in [3.63, 3.8) is 0 Å². The SMILES string of the molecule is COC(=O)c1ccc(-c2ccc(CNCCNC(=O)c3nonc3N)o2)cc1. The molecule has 0 fully saturated rings. The third kappa shape index (κ3) is 4.54. The third-order valence-electron chi connectivity index (χ3n) is 3.87. The van der Waals surface area contributed by atoms with E-state index in [1.165, 1.54) is 7.11 Å². The molecule has 146 valence electrons. The highest BCUT2D eigenvalue weighted by Crippen LogP contribution is 2.22. The topological polar surface area (TPSA) is 146 Å². The lowest BCUT2D eigenvalue weighted by Crippen LogP contribution is -2.32. The number of nitrogens with two attached hydrogens (primary N) is 1. The minimum absolute atomic E-state index is 0.0334. The molecule has 3 rings (SSSR count). The maximum absolute atomic E-state index is 11.8. The summed E-state index contributed by atoms with van der Waals surface area (Å²) in [4.78, 5) is 23.2. The van der Waals surface area contributed by atoms with Gasteiger partial charge in [0.25, 0.3) is 5.91 Å². The number of nitrogens with zero attached hydrogens (tertiary/aromatic N) is 2. The molecule has 1 aromatic carbocycles. The number of anilines is 1. The number of carbonyl (C=O) groups excluding carboxylic acids is 2. The Morgan fingerprint density at radius 2 is 1.89 bits per heavy atom. The van der Waals surface area contributed by atoms with Gasteiger partial charge >= 0.3 is 5.97 Å². The number of amides is 1. The maximum atomic E-state index is 11.8. The molecule has 0 bridgehead atoms. The zero-order valence-electron chi connectivity index (χ0n) is 15.1. The van der Waals surface area contributed by atoms with Crippen molar-refractivity contribution in [2.45, 2.75) is 6.54 Å². The van der Waals surface area contributed by atoms with Crippen molar-refractivity contribution in [2.75, 3.05) is 25.9 Å². The van der Waals surface area contributed by atoms with Gasteiger partial charge in [-0.1, -0.05) is 12.1 Å². The fourth-order valence-corrected chi connectivity index (χ4v) is 2.43. The van der Waals surface area contributed by atoms with Crippen LogP contribution in [0.3, 0.4) is 0 Å². The molecular formula is C18H19N5O5. The van der Waals surface area contributed by atoms with Crippen LogP contribution in [-0.2, 0) is 11.3 Å². The summed E-state index contributed by atoms with van der Waals surface area (Å²) in [5.74, 6) is 0.550. The summed E-state index contributed by atoms with van der Waals surface area (Å²) < 4.78 is 14.8. The van der Waals surface area contributed by atoms with E-state index in [0.29, 0.717) is 31.0 Å². The highest BCUT2D eigenvalue weighted by Gasteiger charge is 2.15. The number of hydrogen-bond donors (Lipinski definition) is 3. The van der Waals surface area contributed by atoms with E-state index in [0.717, 1.165) is 11.3 Å². The number of nitrogens with one attached hydrogen (secondary N) is 2. The number of esters is 1. The molecule has 2 aromatic heterocycles. The number of hydrogen-bond acceptors (Lipinski definition) is 9. The number of benzene rings is 1. The zero-order valence-corrected chi connectivity index (χ0v) is 15.1. The predicted octanol–water partition coefficient (Wildman–Crippen LogP) is 1.22. The lowest BCUT2D eigenvalue weighted by molar-refractivity contribution is 0.0600. The van der Waals surface area contributed by atoms with Crippen molar-refractivity contribution in [3.8, 4) is 11.3 Å². The highest BCUT2D eigenvalue weighted by molar-refractivity contribution is 5.95. The van der Waals surface area contributed by atoms with Gasteiger partial charge in [-0.3, -0.25) is 4.79 Å². The lowest BCUT2D eigenvalue weighted by atomic mass is 10.1. The molecule has 10 heteroatoms. The number of ether oxygens (including phenoxy) is 1. The first kappa shape index (κ1) is 19.1. The summed E-state index contributed by atoms with van der Waals surface area (Å²) in [6.45, 7) is 1.37. The van der Waals surface area contributed by atoms with Gasteiger partial charge in [-0.2, -0.15) is 0 Å². The molecule has 0 saturated carbocycles. The highest BCUT2D eigenvalue weighted by atomic mass is 16.6. The van der Waals surface area contributed by atoms with Crippen LogP contribution in [0.25, 0.3) is 11.3 Å². The maximum Gasteiger partial charge on any atom is 0.337 e. The number of aromatic nitrogens is 2. The number of methoxy groups -OCH3 is 1. The Labute approximate surface area is 160 Å². The average Bonchev–Trinajstić information content (AvgIpc) is 3.36. The Bertz CT molecular complexity index is 947. The van der Waals surface area contributed by atoms with Crippen molar-refractivity contribution in [3.05, 3.63) is 53.4 Å². The Kier molecular flexibility index (Phi) is 6.02. The molecule has 1 amide bonds. The average molecular weight is 385 g/mol. The van der Waals surface area contributed by atoms with Gasteiger partial charge in [0.1, 0.15) is 11.5 Å². The quantitative estimate of drug-likeness (QED) is 0.385. The van der Waals surface area contributed by atoms with E-state index < -0.39 is 5.91 Å². The first-order valence-electron chi connectivity index (χ1n) is 8.43. The molecular weight excluding hydrogens is 366 g/mol. The van der Waals surface area contributed by atoms with Gasteiger partial charge < -0.3 is 25.5 Å². The summed E-state index contributed by atoms with van der Waals surface area (Å²) >= 11 is 0. The van der Waals surface area contributed by atoms with Crippen LogP contribution < -0.4 is 16.4 Å². The second-order valence-corrected chi connectivity index (χ2v) is 5.77. The molecule has 28 heavy (non-hydrogen) atoms. The predicted molar refractivity (Wildman–Crippen MR) is 98.2 cm³/mol. The van der Waals surface area contributed by atoms with Crippen LogP contribution in [0.2, 0.25) is 0 Å². The molecule has 0 spiro atoms. The van der Waals surface area contributed by atoms with E-state index in [1.54, 1.807) is 24.3 Å². The van der Waals surface area contributed by atoms with E-state index >= 15 is 0 Å². The van der Waals surface area contributed by atoms with Gasteiger partial charge in [-0.15, -0.1) is 0 Å². The third-order valence-corrected chi connectivity index (χ3v) is 3.87. The van der Waals surface area contributed by atoms with Crippen LogP contribution >= 0.6 is 0 Å². The van der Waals surface area contributed by atoms with Crippen LogP contribution in [0, 0.1) is 0 Å². The summed E-state index contributed by atoms with van der Waals surface area (Å²) in [5, 5.41) is 12.6. The van der Waals surface area contributed by atoms with Gasteiger partial charge in [0.15, 0.2) is 0 Å². The second kappa shape index (κ2) is 8.82. The number of nitrogen functional groups attached to an aromatic ring is 1. The molecule has 0 aliphatic carbocycles. The molecule has 0 unspecified atom stereocenters. The number of rotatable bonds is 8. The molecule has 0 aliphatic rings. The van der Waals surface area contributed by atoms with Gasteiger partial charge in [-0.05, 0) is 34.6 Å². The molecule has 0 aliphatic heterocycles. The minimum atomic E-state index is -0.448. The molecule has 4 N–H and O–H groups in total. The van der Waals surface area contributed by atoms with Crippen molar-refractivity contribution < 1.29 is 23.4 Å². The Morgan fingerprint density at radius 1 is 1.11 bits per heavy atom. The molecule has 0 atom stereocenters. The van der Waals surface area contributed by atoms with Crippen LogP contribution in [-0.4, -0.2) is 42.4 Å². The Morgan fingerprint density at radius 3 is 2.57 bits per heavy atom. The van der Waals surface area contributed by atoms with E-state index in [1.807, 2.05) is 12.1 Å². The smallest absolute Gasteiger partial charge is 0.337 e. The monoisotopic (exact) mass is 385 g/mol. The summed E-state index contributed by atoms with van der Waals surface area (Å²) in [5.41, 5.74) is 6.74. The van der Waals surface area contributed by atoms with E-state index in [9.17, 15) is 9.59 Å². The molecule has 0 saturated heterocycles. The minimum Gasteiger partial charge on any atom is -0.465 e. The lowest BCUT2D eigenvalue weighted by Gasteiger charge is -2.04. The van der Waals surface area contributed by atoms with Crippen LogP contribution in [0.1, 0.15) is 26.6 Å². The van der Waals surface area contributed by atoms with E-state index in [-0.39, 0.29) is 17.5 Å². The van der Waals surface area contributed by atoms with E-state index in [2.05, 4.69) is 30.3 Å². The Balaban J connectivity index is 1.44. The first-order chi connectivity index (χ1) is 13.6. The van der Waals surface area contributed by atoms with Crippen molar-refractivity contribution in [1.29, 1.82) is 0 Å². The fourth-order valence-electron chi connectivity index (χ4n) is 2.43. The van der Waals surface area contributed by atoms with Gasteiger partial charge in [0.05, 0.1) is 19.2 Å². The van der Waals surface area contributed by atoms with Crippen molar-refractivity contribution >= 4 is 17.7 Å². The fraction of sp³-hybridized carbons (Fsp3) is 0.222. The van der Waals surface area contributed by atoms with Gasteiger partial charge in [0, 0.05) is 18.7 Å². The standard InChI is InChI=1S/C18H19N5O5/c1-26-18(25)12-4-2-11(3-5-12)14-7-6-13(27-14)10-20-8-9-21-17(24)15-16(19)23-28-22-15/h2-7,20H,8-10H2,1H3,(H2,19,23)(H,21,24). The molecule has 0 radical (unpaired) electrons. The normalized spacial score (nSPS) is 10.6. The summed E-state index contributed by atoms with van der Waals surface area (Å²) in [6.07, 6.45) is 0. The molecule has 2 heterocycles. The van der Waals surface area contributed by atoms with Gasteiger partial charge in [-0.25, -0.2) is 9.42 Å². The second-order valence-electron chi connectivity index (χ2n) is 5.77. The number of furan rings is 1. The summed E-state index contributed by atoms with van der Waals surface area (Å²) in [7, 11) is 1.34. The van der Waals surface area contributed by atoms with Crippen LogP contribution in [0.15, 0.2) is 45.4 Å².